The molecule has 1 rings (SSSR count). The summed E-state index contributed by atoms with van der Waals surface area (Å²) in [5.74, 6) is -0.443. The Balaban J connectivity index is 2.36. The Morgan fingerprint density at radius 1 is 1.37 bits per heavy atom. The van der Waals surface area contributed by atoms with Gasteiger partial charge in [0.1, 0.15) is 4.21 Å². The van der Waals surface area contributed by atoms with Crippen LogP contribution in [0.3, 0.4) is 0 Å². The number of hydrogen-bond donors (Lipinski definition) is 4. The molecule has 7 nitrogen and oxygen atoms in total. The monoisotopic (exact) mass is 308 g/mol. The van der Waals surface area contributed by atoms with Crippen molar-refractivity contribution in [1.82, 2.24) is 10.0 Å². The molecule has 0 radical (unpaired) electrons. The van der Waals surface area contributed by atoms with Crippen molar-refractivity contribution < 1.29 is 23.4 Å². The molecule has 0 fully saturated rings. The zero-order valence-electron chi connectivity index (χ0n) is 10.1. The van der Waals surface area contributed by atoms with Crippen molar-refractivity contribution in [3.05, 3.63) is 17.5 Å². The van der Waals surface area contributed by atoms with Crippen LogP contribution in [-0.4, -0.2) is 50.3 Å². The van der Waals surface area contributed by atoms with Crippen molar-refractivity contribution in [2.24, 2.45) is 0 Å². The van der Waals surface area contributed by atoms with Gasteiger partial charge in [0, 0.05) is 13.0 Å². The highest BCUT2D eigenvalue weighted by molar-refractivity contribution is 7.91. The Kier molecular flexibility index (Phi) is 6.38. The van der Waals surface area contributed by atoms with E-state index in [-0.39, 0.29) is 30.4 Å². The first-order valence-corrected chi connectivity index (χ1v) is 7.90. The fourth-order valence-corrected chi connectivity index (χ4v) is 3.30. The maximum atomic E-state index is 11.7. The van der Waals surface area contributed by atoms with E-state index in [1.165, 1.54) is 6.07 Å². The SMILES string of the molecule is O=C(CCNS(=O)(=O)c1cccs1)NC(CO)CO. The van der Waals surface area contributed by atoms with E-state index in [4.69, 9.17) is 10.2 Å². The molecule has 19 heavy (non-hydrogen) atoms. The van der Waals surface area contributed by atoms with Crippen molar-refractivity contribution in [3.63, 3.8) is 0 Å². The van der Waals surface area contributed by atoms with Gasteiger partial charge < -0.3 is 15.5 Å². The average Bonchev–Trinajstić information content (AvgIpc) is 2.90. The summed E-state index contributed by atoms with van der Waals surface area (Å²) >= 11 is 1.09. The van der Waals surface area contributed by atoms with E-state index in [2.05, 4.69) is 10.0 Å². The highest BCUT2D eigenvalue weighted by Crippen LogP contribution is 2.14. The highest BCUT2D eigenvalue weighted by Gasteiger charge is 2.15. The first-order chi connectivity index (χ1) is 8.99. The molecule has 0 unspecified atom stereocenters. The largest absolute Gasteiger partial charge is 0.394 e. The molecule has 1 aromatic heterocycles. The lowest BCUT2D eigenvalue weighted by atomic mass is 10.3. The Morgan fingerprint density at radius 2 is 2.05 bits per heavy atom. The molecule has 0 atom stereocenters. The van der Waals surface area contributed by atoms with E-state index in [1.54, 1.807) is 11.4 Å². The molecule has 1 amide bonds. The van der Waals surface area contributed by atoms with Gasteiger partial charge in [0.2, 0.25) is 15.9 Å². The minimum atomic E-state index is -3.56. The molecule has 0 saturated carbocycles. The molecular weight excluding hydrogens is 292 g/mol. The molecule has 108 valence electrons. The maximum Gasteiger partial charge on any atom is 0.250 e. The van der Waals surface area contributed by atoms with Gasteiger partial charge >= 0.3 is 0 Å². The van der Waals surface area contributed by atoms with E-state index in [9.17, 15) is 13.2 Å². The van der Waals surface area contributed by atoms with Crippen LogP contribution in [0, 0.1) is 0 Å². The molecule has 0 saturated heterocycles. The summed E-state index contributed by atoms with van der Waals surface area (Å²) < 4.78 is 25.9. The van der Waals surface area contributed by atoms with Gasteiger partial charge in [-0.3, -0.25) is 4.79 Å². The van der Waals surface area contributed by atoms with Crippen molar-refractivity contribution >= 4 is 27.3 Å². The number of thiophene rings is 1. The third-order valence-electron chi connectivity index (χ3n) is 2.21. The van der Waals surface area contributed by atoms with Crippen LogP contribution >= 0.6 is 11.3 Å². The fourth-order valence-electron chi connectivity index (χ4n) is 1.24. The quantitative estimate of drug-likeness (QED) is 0.486. The number of sulfonamides is 1. The van der Waals surface area contributed by atoms with Crippen LogP contribution in [0.1, 0.15) is 6.42 Å². The van der Waals surface area contributed by atoms with Crippen molar-refractivity contribution in [1.29, 1.82) is 0 Å². The predicted octanol–water partition coefficient (Wildman–Crippen LogP) is -1.11. The van der Waals surface area contributed by atoms with Gasteiger partial charge in [0.15, 0.2) is 0 Å². The van der Waals surface area contributed by atoms with Crippen LogP contribution in [0.25, 0.3) is 0 Å². The molecule has 0 aliphatic heterocycles. The minimum absolute atomic E-state index is 0.0460. The second-order valence-electron chi connectivity index (χ2n) is 3.71. The summed E-state index contributed by atoms with van der Waals surface area (Å²) in [5.41, 5.74) is 0. The lowest BCUT2D eigenvalue weighted by Gasteiger charge is -2.13. The first-order valence-electron chi connectivity index (χ1n) is 5.54. The minimum Gasteiger partial charge on any atom is -0.394 e. The number of aliphatic hydroxyl groups excluding tert-OH is 2. The summed E-state index contributed by atoms with van der Waals surface area (Å²) in [4.78, 5) is 11.4. The van der Waals surface area contributed by atoms with Gasteiger partial charge in [-0.05, 0) is 11.4 Å². The molecular formula is C10H16N2O5S2. The molecule has 1 aromatic rings. The lowest BCUT2D eigenvalue weighted by Crippen LogP contribution is -2.41. The normalized spacial score (nSPS) is 11.7. The third-order valence-corrected chi connectivity index (χ3v) is 5.07. The van der Waals surface area contributed by atoms with Gasteiger partial charge in [0.25, 0.3) is 0 Å². The number of amides is 1. The van der Waals surface area contributed by atoms with Crippen LogP contribution < -0.4 is 10.0 Å². The maximum absolute atomic E-state index is 11.7. The molecule has 0 aromatic carbocycles. The summed E-state index contributed by atoms with van der Waals surface area (Å²) in [5, 5.41) is 21.6. The number of aliphatic hydroxyl groups is 2. The number of hydrogen-bond acceptors (Lipinski definition) is 6. The fraction of sp³-hybridized carbons (Fsp3) is 0.500. The van der Waals surface area contributed by atoms with Crippen LogP contribution in [0.15, 0.2) is 21.7 Å². The van der Waals surface area contributed by atoms with Crippen molar-refractivity contribution in [2.75, 3.05) is 19.8 Å². The zero-order chi connectivity index (χ0) is 14.3. The third kappa shape index (κ3) is 5.25. The van der Waals surface area contributed by atoms with Gasteiger partial charge in [0.05, 0.1) is 19.3 Å². The number of nitrogens with one attached hydrogen (secondary N) is 2. The van der Waals surface area contributed by atoms with Crippen LogP contribution in [0.4, 0.5) is 0 Å². The lowest BCUT2D eigenvalue weighted by molar-refractivity contribution is -0.122. The van der Waals surface area contributed by atoms with Gasteiger partial charge in [-0.1, -0.05) is 6.07 Å². The summed E-state index contributed by atoms with van der Waals surface area (Å²) in [6.07, 6.45) is -0.0683. The topological polar surface area (TPSA) is 116 Å². The molecule has 1 heterocycles. The number of carbonyl (C=O) groups excluding carboxylic acids is 1. The molecule has 0 aliphatic carbocycles. The zero-order valence-corrected chi connectivity index (χ0v) is 11.7. The second kappa shape index (κ2) is 7.56. The van der Waals surface area contributed by atoms with E-state index in [0.717, 1.165) is 11.3 Å². The summed E-state index contributed by atoms with van der Waals surface area (Å²) in [7, 11) is -3.56. The Hall–Kier alpha value is -1.00. The van der Waals surface area contributed by atoms with Crippen molar-refractivity contribution in [3.8, 4) is 0 Å². The van der Waals surface area contributed by atoms with Crippen LogP contribution in [-0.2, 0) is 14.8 Å². The van der Waals surface area contributed by atoms with E-state index >= 15 is 0 Å². The first kappa shape index (κ1) is 16.1. The van der Waals surface area contributed by atoms with E-state index in [1.807, 2.05) is 0 Å². The summed E-state index contributed by atoms with van der Waals surface area (Å²) in [6, 6.07) is 2.38. The smallest absolute Gasteiger partial charge is 0.250 e. The summed E-state index contributed by atoms with van der Waals surface area (Å²) in [6.45, 7) is -0.790. The predicted molar refractivity (Wildman–Crippen MR) is 70.2 cm³/mol. The van der Waals surface area contributed by atoms with Gasteiger partial charge in [-0.15, -0.1) is 11.3 Å². The molecule has 0 aliphatic rings. The molecule has 4 N–H and O–H groups in total. The molecule has 0 spiro atoms. The number of carbonyl (C=O) groups is 1. The highest BCUT2D eigenvalue weighted by atomic mass is 32.2. The van der Waals surface area contributed by atoms with Crippen LogP contribution in [0.2, 0.25) is 0 Å². The Labute approximate surface area is 115 Å². The van der Waals surface area contributed by atoms with Gasteiger partial charge in [-0.25, -0.2) is 13.1 Å². The molecule has 0 bridgehead atoms. The van der Waals surface area contributed by atoms with E-state index < -0.39 is 22.0 Å². The second-order valence-corrected chi connectivity index (χ2v) is 6.65. The van der Waals surface area contributed by atoms with Gasteiger partial charge in [-0.2, -0.15) is 0 Å². The average molecular weight is 308 g/mol. The number of rotatable bonds is 8. The standard InChI is InChI=1S/C10H16N2O5S2/c13-6-8(7-14)12-9(15)3-4-11-19(16,17)10-2-1-5-18-10/h1-2,5,8,11,13-14H,3-4,6-7H2,(H,12,15). The Morgan fingerprint density at radius 3 is 2.58 bits per heavy atom. The van der Waals surface area contributed by atoms with Crippen molar-refractivity contribution in [2.45, 2.75) is 16.7 Å². The Bertz CT molecular complexity index is 482. The van der Waals surface area contributed by atoms with Crippen LogP contribution in [0.5, 0.6) is 0 Å². The van der Waals surface area contributed by atoms with E-state index in [0.29, 0.717) is 0 Å². The molecule has 9 heteroatoms.